The van der Waals surface area contributed by atoms with E-state index in [1.54, 1.807) is 12.1 Å². The number of hydrogen-bond donors (Lipinski definition) is 0. The van der Waals surface area contributed by atoms with Gasteiger partial charge in [-0.1, -0.05) is 16.5 Å². The van der Waals surface area contributed by atoms with E-state index in [-0.39, 0.29) is 10.6 Å². The largest absolute Gasteiger partial charge is 0.486 e. The van der Waals surface area contributed by atoms with Gasteiger partial charge in [0.05, 0.1) is 0 Å². The number of carbonyl (C=O) groups excluding carboxylic acids is 1. The third-order valence-electron chi connectivity index (χ3n) is 2.49. The van der Waals surface area contributed by atoms with Crippen LogP contribution in [-0.4, -0.2) is 20.1 Å². The zero-order chi connectivity index (χ0) is 12.7. The first kappa shape index (κ1) is 11.8. The third-order valence-corrected chi connectivity index (χ3v) is 3.68. The van der Waals surface area contributed by atoms with Crippen molar-refractivity contribution in [3.05, 3.63) is 23.8 Å². The molecule has 5 nitrogen and oxygen atoms in total. The van der Waals surface area contributed by atoms with E-state index >= 15 is 0 Å². The van der Waals surface area contributed by atoms with Crippen molar-refractivity contribution < 1.29 is 17.9 Å². The average Bonchev–Trinajstić information content (AvgIpc) is 2.50. The van der Waals surface area contributed by atoms with Crippen molar-refractivity contribution in [3.63, 3.8) is 0 Å². The highest BCUT2D eigenvalue weighted by molar-refractivity contribution is 7.90. The van der Waals surface area contributed by atoms with Gasteiger partial charge in [0.2, 0.25) is 0 Å². The van der Waals surface area contributed by atoms with Crippen molar-refractivity contribution in [1.82, 2.24) is 0 Å². The van der Waals surface area contributed by atoms with E-state index in [9.17, 15) is 13.2 Å². The molecule has 0 fully saturated rings. The molecule has 0 bridgehead atoms. The second-order valence-corrected chi connectivity index (χ2v) is 6.01. The molecule has 0 amide bonds. The van der Waals surface area contributed by atoms with Crippen LogP contribution >= 0.6 is 0 Å². The first-order chi connectivity index (χ1) is 7.86. The lowest BCUT2D eigenvalue weighted by Crippen LogP contribution is -2.25. The predicted molar refractivity (Wildman–Crippen MR) is 60.2 cm³/mol. The quantitative estimate of drug-likeness (QED) is 0.590. The molecule has 0 atom stereocenters. The SMILES string of the molecule is CC1(C)Cc2cccc(S(=O)(=O)N=C=O)c2O1. The number of para-hydroxylation sites is 1. The summed E-state index contributed by atoms with van der Waals surface area (Å²) in [4.78, 5) is 10.0. The smallest absolute Gasteiger partial charge is 0.296 e. The summed E-state index contributed by atoms with van der Waals surface area (Å²) in [7, 11) is -4.01. The summed E-state index contributed by atoms with van der Waals surface area (Å²) in [5.41, 5.74) is 0.357. The standard InChI is InChI=1S/C11H11NO4S/c1-11(2)6-8-4-3-5-9(10(8)16-11)17(14,15)12-7-13/h3-5H,6H2,1-2H3. The highest BCUT2D eigenvalue weighted by atomic mass is 32.2. The number of fused-ring (bicyclic) bond motifs is 1. The Morgan fingerprint density at radius 2 is 2.12 bits per heavy atom. The summed E-state index contributed by atoms with van der Waals surface area (Å²) in [6, 6.07) is 4.78. The fraction of sp³-hybridized carbons (Fsp3) is 0.364. The Morgan fingerprint density at radius 1 is 1.41 bits per heavy atom. The van der Waals surface area contributed by atoms with Gasteiger partial charge in [0.25, 0.3) is 16.1 Å². The van der Waals surface area contributed by atoms with Gasteiger partial charge in [-0.25, -0.2) is 4.79 Å². The van der Waals surface area contributed by atoms with Gasteiger partial charge in [-0.2, -0.15) is 8.42 Å². The Labute approximate surface area is 99.2 Å². The summed E-state index contributed by atoms with van der Waals surface area (Å²) < 4.78 is 31.8. The molecule has 0 saturated heterocycles. The Kier molecular flexibility index (Phi) is 2.56. The minimum Gasteiger partial charge on any atom is -0.486 e. The van der Waals surface area contributed by atoms with Gasteiger partial charge in [0.1, 0.15) is 16.2 Å². The predicted octanol–water partition coefficient (Wildman–Crippen LogP) is 1.42. The Balaban J connectivity index is 2.62. The van der Waals surface area contributed by atoms with Crippen LogP contribution in [-0.2, 0) is 21.2 Å². The minimum atomic E-state index is -4.01. The van der Waals surface area contributed by atoms with Crippen LogP contribution in [0.25, 0.3) is 0 Å². The van der Waals surface area contributed by atoms with Crippen LogP contribution in [0.3, 0.4) is 0 Å². The monoisotopic (exact) mass is 253 g/mol. The molecule has 0 unspecified atom stereocenters. The Morgan fingerprint density at radius 3 is 2.76 bits per heavy atom. The molecule has 1 aliphatic heterocycles. The number of sulfonamides is 1. The third kappa shape index (κ3) is 2.09. The van der Waals surface area contributed by atoms with Crippen molar-refractivity contribution in [1.29, 1.82) is 0 Å². The van der Waals surface area contributed by atoms with Gasteiger partial charge in [0, 0.05) is 6.42 Å². The maximum atomic E-state index is 11.7. The summed E-state index contributed by atoms with van der Waals surface area (Å²) in [6.45, 7) is 3.73. The van der Waals surface area contributed by atoms with Crippen LogP contribution in [0.15, 0.2) is 27.5 Å². The Bertz CT molecular complexity index is 612. The van der Waals surface area contributed by atoms with Crippen molar-refractivity contribution in [2.75, 3.05) is 0 Å². The van der Waals surface area contributed by atoms with E-state index in [0.29, 0.717) is 6.42 Å². The second-order valence-electron chi connectivity index (χ2n) is 4.44. The van der Waals surface area contributed by atoms with Gasteiger partial charge in [0.15, 0.2) is 0 Å². The Hall–Kier alpha value is -1.65. The average molecular weight is 253 g/mol. The number of hydrogen-bond acceptors (Lipinski definition) is 4. The van der Waals surface area contributed by atoms with Gasteiger partial charge in [-0.15, -0.1) is 0 Å². The summed E-state index contributed by atoms with van der Waals surface area (Å²) in [5, 5.41) is 0. The topological polar surface area (TPSA) is 72.8 Å². The maximum absolute atomic E-state index is 11.7. The molecule has 1 aromatic carbocycles. The number of ether oxygens (including phenoxy) is 1. The van der Waals surface area contributed by atoms with Crippen LogP contribution in [0, 0.1) is 0 Å². The van der Waals surface area contributed by atoms with Gasteiger partial charge in [-0.05, 0) is 25.5 Å². The molecular formula is C11H11NO4S. The molecule has 2 rings (SSSR count). The van der Waals surface area contributed by atoms with Gasteiger partial charge in [-0.3, -0.25) is 0 Å². The van der Waals surface area contributed by atoms with Crippen molar-refractivity contribution in [2.45, 2.75) is 30.8 Å². The van der Waals surface area contributed by atoms with E-state index in [1.165, 1.54) is 6.07 Å². The molecule has 0 radical (unpaired) electrons. The van der Waals surface area contributed by atoms with Gasteiger partial charge >= 0.3 is 0 Å². The number of isocyanates is 1. The zero-order valence-electron chi connectivity index (χ0n) is 9.43. The molecule has 0 aromatic heterocycles. The summed E-state index contributed by atoms with van der Waals surface area (Å²) in [5.74, 6) is 0.288. The van der Waals surface area contributed by atoms with E-state index < -0.39 is 15.6 Å². The number of nitrogens with zero attached hydrogens (tertiary/aromatic N) is 1. The van der Waals surface area contributed by atoms with Crippen molar-refractivity contribution >= 4 is 16.1 Å². The highest BCUT2D eigenvalue weighted by Crippen LogP contribution is 2.39. The van der Waals surface area contributed by atoms with Crippen molar-refractivity contribution in [2.24, 2.45) is 4.40 Å². The molecule has 0 aliphatic carbocycles. The van der Waals surface area contributed by atoms with E-state index in [4.69, 9.17) is 4.74 Å². The lowest BCUT2D eigenvalue weighted by atomic mass is 10.0. The molecule has 1 heterocycles. The van der Waals surface area contributed by atoms with E-state index in [2.05, 4.69) is 4.40 Å². The van der Waals surface area contributed by atoms with Crippen LogP contribution in [0.1, 0.15) is 19.4 Å². The van der Waals surface area contributed by atoms with Crippen molar-refractivity contribution in [3.8, 4) is 5.75 Å². The first-order valence-corrected chi connectivity index (χ1v) is 6.45. The molecule has 90 valence electrons. The molecule has 6 heteroatoms. The van der Waals surface area contributed by atoms with E-state index in [1.807, 2.05) is 13.8 Å². The summed E-state index contributed by atoms with van der Waals surface area (Å²) >= 11 is 0. The summed E-state index contributed by atoms with van der Waals surface area (Å²) in [6.07, 6.45) is 1.67. The number of benzene rings is 1. The van der Waals surface area contributed by atoms with E-state index in [0.717, 1.165) is 11.6 Å². The maximum Gasteiger partial charge on any atom is 0.296 e. The molecule has 0 saturated carbocycles. The van der Waals surface area contributed by atoms with Crippen LogP contribution < -0.4 is 4.74 Å². The van der Waals surface area contributed by atoms with Crippen LogP contribution in [0.5, 0.6) is 5.75 Å². The molecular weight excluding hydrogens is 242 g/mol. The molecule has 0 spiro atoms. The van der Waals surface area contributed by atoms with Crippen LogP contribution in [0.2, 0.25) is 0 Å². The normalized spacial score (nSPS) is 16.8. The fourth-order valence-electron chi connectivity index (χ4n) is 1.89. The van der Waals surface area contributed by atoms with Crippen LogP contribution in [0.4, 0.5) is 0 Å². The zero-order valence-corrected chi connectivity index (χ0v) is 10.2. The first-order valence-electron chi connectivity index (χ1n) is 5.01. The lowest BCUT2D eigenvalue weighted by Gasteiger charge is -2.17. The minimum absolute atomic E-state index is 0.0797. The molecule has 1 aliphatic rings. The molecule has 1 aromatic rings. The lowest BCUT2D eigenvalue weighted by molar-refractivity contribution is 0.135. The fourth-order valence-corrected chi connectivity index (χ4v) is 2.74. The highest BCUT2D eigenvalue weighted by Gasteiger charge is 2.34. The number of rotatable bonds is 2. The molecule has 17 heavy (non-hydrogen) atoms. The van der Waals surface area contributed by atoms with Gasteiger partial charge < -0.3 is 4.74 Å². The second kappa shape index (κ2) is 3.68. The molecule has 0 N–H and O–H groups in total.